The molecule has 3 unspecified atom stereocenters. The first kappa shape index (κ1) is 19.3. The van der Waals surface area contributed by atoms with Gasteiger partial charge >= 0.3 is 6.09 Å². The second kappa shape index (κ2) is 7.20. The van der Waals surface area contributed by atoms with Gasteiger partial charge in [-0.05, 0) is 57.4 Å². The van der Waals surface area contributed by atoms with E-state index in [1.807, 2.05) is 27.8 Å². The third-order valence-corrected chi connectivity index (χ3v) is 4.35. The highest BCUT2D eigenvalue weighted by Gasteiger charge is 2.36. The van der Waals surface area contributed by atoms with Crippen LogP contribution in [0.4, 0.5) is 4.79 Å². The molecule has 22 heavy (non-hydrogen) atoms. The van der Waals surface area contributed by atoms with Crippen molar-refractivity contribution < 1.29 is 9.53 Å². The number of nitrogens with zero attached hydrogens (tertiary/aromatic N) is 1. The molecular weight excluding hydrogens is 276 g/mol. The molecule has 0 aromatic carbocycles. The fourth-order valence-electron chi connectivity index (χ4n) is 3.47. The topological polar surface area (TPSA) is 41.6 Å². The molecule has 1 rings (SSSR count). The Kier molecular flexibility index (Phi) is 6.31. The average Bonchev–Trinajstić information content (AvgIpc) is 2.57. The minimum atomic E-state index is -0.433. The molecule has 0 heterocycles. The van der Waals surface area contributed by atoms with Gasteiger partial charge in [0.25, 0.3) is 0 Å². The molecule has 1 saturated carbocycles. The molecule has 3 atom stereocenters. The van der Waals surface area contributed by atoms with E-state index in [4.69, 9.17) is 4.74 Å². The summed E-state index contributed by atoms with van der Waals surface area (Å²) in [6, 6.07) is 0.601. The van der Waals surface area contributed by atoms with E-state index in [2.05, 4.69) is 33.0 Å². The third-order valence-electron chi connectivity index (χ3n) is 4.35. The highest BCUT2D eigenvalue weighted by molar-refractivity contribution is 5.67. The molecule has 1 fully saturated rings. The summed E-state index contributed by atoms with van der Waals surface area (Å²) in [6.07, 6.45) is 2.29. The maximum Gasteiger partial charge on any atom is 0.410 e. The quantitative estimate of drug-likeness (QED) is 0.837. The molecule has 130 valence electrons. The van der Waals surface area contributed by atoms with Crippen molar-refractivity contribution in [1.29, 1.82) is 0 Å². The van der Waals surface area contributed by atoms with Gasteiger partial charge < -0.3 is 15.0 Å². The number of ether oxygens (including phenoxy) is 1. The number of hydrogen-bond donors (Lipinski definition) is 1. The lowest BCUT2D eigenvalue weighted by molar-refractivity contribution is 0.0276. The first-order valence-electron chi connectivity index (χ1n) is 8.57. The molecule has 0 aromatic heterocycles. The van der Waals surface area contributed by atoms with Crippen LogP contribution in [-0.4, -0.2) is 42.8 Å². The molecule has 1 aliphatic carbocycles. The second-order valence-corrected chi connectivity index (χ2v) is 9.03. The molecule has 0 aliphatic heterocycles. The number of carbonyl (C=O) groups excluding carboxylic acids is 1. The largest absolute Gasteiger partial charge is 0.444 e. The standard InChI is InChI=1S/C18H36N2O2/c1-13(12-20(8)16(21)22-17(3,4)5)11-19-15-10-18(6,7)9-14(15)2/h13-15,19H,9-12H2,1-8H3. The SMILES string of the molecule is CC(CNC1CC(C)(C)CC1C)CN(C)C(=O)OC(C)(C)C. The van der Waals surface area contributed by atoms with Crippen LogP contribution in [0.3, 0.4) is 0 Å². The first-order chi connectivity index (χ1) is 9.89. The molecule has 0 aromatic rings. The van der Waals surface area contributed by atoms with Gasteiger partial charge in [0.15, 0.2) is 0 Å². The number of nitrogens with one attached hydrogen (secondary N) is 1. The van der Waals surface area contributed by atoms with E-state index in [0.29, 0.717) is 23.9 Å². The van der Waals surface area contributed by atoms with Crippen LogP contribution in [0.15, 0.2) is 0 Å². The van der Waals surface area contributed by atoms with Crippen molar-refractivity contribution in [3.63, 3.8) is 0 Å². The third kappa shape index (κ3) is 6.55. The van der Waals surface area contributed by atoms with Gasteiger partial charge in [0.2, 0.25) is 0 Å². The van der Waals surface area contributed by atoms with Crippen molar-refractivity contribution in [2.45, 2.75) is 73.0 Å². The second-order valence-electron chi connectivity index (χ2n) is 9.03. The maximum atomic E-state index is 12.0. The lowest BCUT2D eigenvalue weighted by atomic mass is 9.91. The number of amides is 1. The molecule has 0 radical (unpaired) electrons. The number of carbonyl (C=O) groups is 1. The van der Waals surface area contributed by atoms with Crippen LogP contribution in [0, 0.1) is 17.3 Å². The van der Waals surface area contributed by atoms with E-state index in [1.54, 1.807) is 4.90 Å². The summed E-state index contributed by atoms with van der Waals surface area (Å²) in [5, 5.41) is 3.70. The van der Waals surface area contributed by atoms with Crippen LogP contribution < -0.4 is 5.32 Å². The summed E-state index contributed by atoms with van der Waals surface area (Å²) in [5.74, 6) is 1.14. The molecule has 4 nitrogen and oxygen atoms in total. The molecule has 0 saturated heterocycles. The van der Waals surface area contributed by atoms with Crippen molar-refractivity contribution in [3.05, 3.63) is 0 Å². The highest BCUT2D eigenvalue weighted by atomic mass is 16.6. The number of rotatable bonds is 5. The summed E-state index contributed by atoms with van der Waals surface area (Å²) in [5.41, 5.74) is 0.0192. The Hall–Kier alpha value is -0.770. The van der Waals surface area contributed by atoms with Gasteiger partial charge in [0.05, 0.1) is 0 Å². The number of hydrogen-bond acceptors (Lipinski definition) is 3. The van der Waals surface area contributed by atoms with Crippen LogP contribution in [0.5, 0.6) is 0 Å². The van der Waals surface area contributed by atoms with Crippen LogP contribution >= 0.6 is 0 Å². The minimum Gasteiger partial charge on any atom is -0.444 e. The van der Waals surface area contributed by atoms with E-state index in [-0.39, 0.29) is 6.09 Å². The first-order valence-corrected chi connectivity index (χ1v) is 8.57. The Balaban J connectivity index is 2.34. The summed E-state index contributed by atoms with van der Waals surface area (Å²) in [7, 11) is 1.81. The van der Waals surface area contributed by atoms with Gasteiger partial charge in [0, 0.05) is 19.6 Å². The molecule has 1 N–H and O–H groups in total. The zero-order valence-corrected chi connectivity index (χ0v) is 15.8. The van der Waals surface area contributed by atoms with Gasteiger partial charge in [-0.3, -0.25) is 0 Å². The zero-order valence-electron chi connectivity index (χ0n) is 15.8. The van der Waals surface area contributed by atoms with Gasteiger partial charge in [0.1, 0.15) is 5.60 Å². The lowest BCUT2D eigenvalue weighted by Gasteiger charge is -2.27. The molecule has 4 heteroatoms. The predicted molar refractivity (Wildman–Crippen MR) is 92.0 cm³/mol. The smallest absolute Gasteiger partial charge is 0.410 e. The summed E-state index contributed by atoms with van der Waals surface area (Å²) in [6.45, 7) is 16.6. The Bertz CT molecular complexity index is 374. The fraction of sp³-hybridized carbons (Fsp3) is 0.944. The van der Waals surface area contributed by atoms with Crippen LogP contribution in [0.25, 0.3) is 0 Å². The van der Waals surface area contributed by atoms with Crippen LogP contribution in [0.1, 0.15) is 61.3 Å². The Morgan fingerprint density at radius 3 is 2.41 bits per heavy atom. The van der Waals surface area contributed by atoms with Gasteiger partial charge in [-0.25, -0.2) is 4.79 Å². The van der Waals surface area contributed by atoms with E-state index in [1.165, 1.54) is 12.8 Å². The molecule has 0 bridgehead atoms. The van der Waals surface area contributed by atoms with Gasteiger partial charge in [-0.15, -0.1) is 0 Å². The van der Waals surface area contributed by atoms with Crippen molar-refractivity contribution in [2.24, 2.45) is 17.3 Å². The Morgan fingerprint density at radius 2 is 1.95 bits per heavy atom. The molecular formula is C18H36N2O2. The average molecular weight is 312 g/mol. The Labute approximate surface area is 137 Å². The fourth-order valence-corrected chi connectivity index (χ4v) is 3.47. The van der Waals surface area contributed by atoms with Crippen LogP contribution in [-0.2, 0) is 4.74 Å². The lowest BCUT2D eigenvalue weighted by Crippen LogP contribution is -2.41. The van der Waals surface area contributed by atoms with E-state index in [9.17, 15) is 4.79 Å². The van der Waals surface area contributed by atoms with Crippen molar-refractivity contribution in [1.82, 2.24) is 10.2 Å². The zero-order chi connectivity index (χ0) is 17.1. The van der Waals surface area contributed by atoms with Crippen LogP contribution in [0.2, 0.25) is 0 Å². The molecule has 1 aliphatic rings. The van der Waals surface area contributed by atoms with Crippen molar-refractivity contribution in [2.75, 3.05) is 20.1 Å². The maximum absolute atomic E-state index is 12.0. The minimum absolute atomic E-state index is 0.241. The summed E-state index contributed by atoms with van der Waals surface area (Å²) >= 11 is 0. The van der Waals surface area contributed by atoms with Gasteiger partial charge in [-0.2, -0.15) is 0 Å². The van der Waals surface area contributed by atoms with E-state index in [0.717, 1.165) is 12.5 Å². The van der Waals surface area contributed by atoms with Gasteiger partial charge in [-0.1, -0.05) is 27.7 Å². The van der Waals surface area contributed by atoms with E-state index >= 15 is 0 Å². The van der Waals surface area contributed by atoms with Crippen molar-refractivity contribution in [3.8, 4) is 0 Å². The highest BCUT2D eigenvalue weighted by Crippen LogP contribution is 2.40. The van der Waals surface area contributed by atoms with E-state index < -0.39 is 5.60 Å². The molecule has 1 amide bonds. The van der Waals surface area contributed by atoms with Crippen molar-refractivity contribution >= 4 is 6.09 Å². The normalized spacial score (nSPS) is 25.8. The summed E-state index contributed by atoms with van der Waals surface area (Å²) in [4.78, 5) is 13.7. The monoisotopic (exact) mass is 312 g/mol. The molecule has 0 spiro atoms. The summed E-state index contributed by atoms with van der Waals surface area (Å²) < 4.78 is 5.39. The Morgan fingerprint density at radius 1 is 1.36 bits per heavy atom. The predicted octanol–water partition coefficient (Wildman–Crippen LogP) is 3.90.